The summed E-state index contributed by atoms with van der Waals surface area (Å²) in [7, 11) is 0. The van der Waals surface area contributed by atoms with Crippen LogP contribution in [0.1, 0.15) is 48.3 Å². The van der Waals surface area contributed by atoms with E-state index < -0.39 is 11.5 Å². The van der Waals surface area contributed by atoms with Crippen LogP contribution in [0.3, 0.4) is 0 Å². The lowest BCUT2D eigenvalue weighted by Crippen LogP contribution is -2.59. The standard InChI is InChI=1S/C29H27N3O2/c30-19-29(16-21-14-15-22(17-29)32(21)18-20-8-2-1-3-9-20)31-28(33)27-23-10-4-6-12-25(23)34-26-13-7-5-11-24(26)27/h1-13,21-22,27H,14-18H2,(H,31,33)/t21-,22+,29?. The summed E-state index contributed by atoms with van der Waals surface area (Å²) in [5, 5.41) is 13.5. The third kappa shape index (κ3) is 3.55. The topological polar surface area (TPSA) is 65.4 Å². The molecule has 170 valence electrons. The van der Waals surface area contributed by atoms with Crippen LogP contribution in [0.25, 0.3) is 0 Å². The summed E-state index contributed by atoms with van der Waals surface area (Å²) in [4.78, 5) is 16.4. The molecule has 34 heavy (non-hydrogen) atoms. The van der Waals surface area contributed by atoms with Crippen LogP contribution in [0.4, 0.5) is 0 Å². The number of nitrogens with one attached hydrogen (secondary N) is 1. The second-order valence-corrected chi connectivity index (χ2v) is 9.75. The number of benzene rings is 3. The predicted octanol–water partition coefficient (Wildman–Crippen LogP) is 5.13. The second-order valence-electron chi connectivity index (χ2n) is 9.75. The number of amides is 1. The fourth-order valence-corrected chi connectivity index (χ4v) is 6.12. The van der Waals surface area contributed by atoms with Crippen molar-refractivity contribution in [1.29, 1.82) is 5.26 Å². The number of carbonyl (C=O) groups is 1. The molecule has 6 rings (SSSR count). The van der Waals surface area contributed by atoms with Crippen molar-refractivity contribution in [3.8, 4) is 17.6 Å². The van der Waals surface area contributed by atoms with Crippen molar-refractivity contribution in [3.05, 3.63) is 95.6 Å². The van der Waals surface area contributed by atoms with E-state index in [1.165, 1.54) is 5.56 Å². The van der Waals surface area contributed by atoms with E-state index in [1.807, 2.05) is 54.6 Å². The molecular weight excluding hydrogens is 422 g/mol. The molecule has 0 spiro atoms. The van der Waals surface area contributed by atoms with E-state index >= 15 is 0 Å². The van der Waals surface area contributed by atoms with Crippen LogP contribution in [-0.4, -0.2) is 28.4 Å². The molecule has 0 saturated carbocycles. The van der Waals surface area contributed by atoms with Gasteiger partial charge in [0.1, 0.15) is 17.0 Å². The Morgan fingerprint density at radius 1 is 0.912 bits per heavy atom. The number of carbonyl (C=O) groups excluding carboxylic acids is 1. The zero-order valence-corrected chi connectivity index (χ0v) is 19.0. The van der Waals surface area contributed by atoms with Crippen LogP contribution in [0.5, 0.6) is 11.5 Å². The zero-order chi connectivity index (χ0) is 23.1. The third-order valence-electron chi connectivity index (χ3n) is 7.67. The van der Waals surface area contributed by atoms with E-state index in [0.29, 0.717) is 36.4 Å². The highest BCUT2D eigenvalue weighted by Crippen LogP contribution is 2.46. The van der Waals surface area contributed by atoms with Gasteiger partial charge in [0.05, 0.1) is 12.0 Å². The molecule has 5 heteroatoms. The van der Waals surface area contributed by atoms with Crippen molar-refractivity contribution in [2.75, 3.05) is 0 Å². The lowest BCUT2D eigenvalue weighted by molar-refractivity contribution is -0.124. The van der Waals surface area contributed by atoms with Gasteiger partial charge in [0.25, 0.3) is 0 Å². The number of nitrogens with zero attached hydrogens (tertiary/aromatic N) is 2. The van der Waals surface area contributed by atoms with E-state index in [4.69, 9.17) is 4.74 Å². The Bertz CT molecular complexity index is 1210. The fourth-order valence-electron chi connectivity index (χ4n) is 6.12. The molecule has 1 unspecified atom stereocenters. The van der Waals surface area contributed by atoms with Gasteiger partial charge in [-0.1, -0.05) is 66.7 Å². The molecule has 2 saturated heterocycles. The molecular formula is C29H27N3O2. The third-order valence-corrected chi connectivity index (χ3v) is 7.67. The maximum atomic E-state index is 13.8. The Balaban J connectivity index is 1.26. The van der Waals surface area contributed by atoms with Crippen LogP contribution in [-0.2, 0) is 11.3 Å². The Hall–Kier alpha value is -3.62. The van der Waals surface area contributed by atoms with Crippen molar-refractivity contribution in [2.45, 2.75) is 55.8 Å². The molecule has 3 aliphatic rings. The van der Waals surface area contributed by atoms with Gasteiger partial charge in [0.15, 0.2) is 0 Å². The Labute approximate surface area is 200 Å². The van der Waals surface area contributed by atoms with Gasteiger partial charge in [-0.15, -0.1) is 0 Å². The van der Waals surface area contributed by atoms with Gasteiger partial charge in [-0.05, 0) is 43.4 Å². The number of para-hydroxylation sites is 2. The first kappa shape index (κ1) is 20.9. The average molecular weight is 450 g/mol. The first-order valence-corrected chi connectivity index (χ1v) is 12.0. The van der Waals surface area contributed by atoms with Gasteiger partial charge in [-0.3, -0.25) is 9.69 Å². The molecule has 0 radical (unpaired) electrons. The summed E-state index contributed by atoms with van der Waals surface area (Å²) in [6.07, 6.45) is 3.45. The largest absolute Gasteiger partial charge is 0.457 e. The lowest BCUT2D eigenvalue weighted by atomic mass is 9.81. The van der Waals surface area contributed by atoms with E-state index in [9.17, 15) is 10.1 Å². The first-order valence-electron chi connectivity index (χ1n) is 12.0. The Morgan fingerprint density at radius 3 is 2.06 bits per heavy atom. The summed E-state index contributed by atoms with van der Waals surface area (Å²) >= 11 is 0. The van der Waals surface area contributed by atoms with Crippen molar-refractivity contribution >= 4 is 5.91 Å². The number of ether oxygens (including phenoxy) is 1. The van der Waals surface area contributed by atoms with Crippen LogP contribution < -0.4 is 10.1 Å². The van der Waals surface area contributed by atoms with Crippen LogP contribution in [0, 0.1) is 11.3 Å². The van der Waals surface area contributed by atoms with Crippen LogP contribution in [0.2, 0.25) is 0 Å². The zero-order valence-electron chi connectivity index (χ0n) is 19.0. The molecule has 1 amide bonds. The van der Waals surface area contributed by atoms with Crippen molar-refractivity contribution in [3.63, 3.8) is 0 Å². The number of hydrogen-bond donors (Lipinski definition) is 1. The molecule has 2 bridgehead atoms. The molecule has 1 N–H and O–H groups in total. The van der Waals surface area contributed by atoms with Gasteiger partial charge in [0, 0.05) is 29.8 Å². The highest BCUT2D eigenvalue weighted by molar-refractivity contribution is 5.90. The summed E-state index contributed by atoms with van der Waals surface area (Å²) in [6.45, 7) is 0.895. The maximum absolute atomic E-state index is 13.8. The summed E-state index contributed by atoms with van der Waals surface area (Å²) in [5.74, 6) is 0.780. The van der Waals surface area contributed by atoms with Crippen molar-refractivity contribution < 1.29 is 9.53 Å². The molecule has 5 nitrogen and oxygen atoms in total. The highest BCUT2D eigenvalue weighted by Gasteiger charge is 2.50. The lowest BCUT2D eigenvalue weighted by Gasteiger charge is -2.44. The molecule has 0 aliphatic carbocycles. The van der Waals surface area contributed by atoms with Gasteiger partial charge < -0.3 is 10.1 Å². The minimum absolute atomic E-state index is 0.124. The molecule has 3 atom stereocenters. The summed E-state index contributed by atoms with van der Waals surface area (Å²) in [6, 6.07) is 29.0. The molecule has 3 aliphatic heterocycles. The maximum Gasteiger partial charge on any atom is 0.233 e. The molecule has 3 heterocycles. The molecule has 0 aromatic heterocycles. The van der Waals surface area contributed by atoms with E-state index in [-0.39, 0.29) is 5.91 Å². The Morgan fingerprint density at radius 2 is 1.47 bits per heavy atom. The molecule has 3 aromatic rings. The smallest absolute Gasteiger partial charge is 0.233 e. The predicted molar refractivity (Wildman–Crippen MR) is 129 cm³/mol. The number of fused-ring (bicyclic) bond motifs is 4. The summed E-state index contributed by atoms with van der Waals surface area (Å²) in [5.41, 5.74) is 2.13. The second kappa shape index (κ2) is 8.30. The highest BCUT2D eigenvalue weighted by atomic mass is 16.5. The van der Waals surface area contributed by atoms with E-state index in [1.54, 1.807) is 0 Å². The van der Waals surface area contributed by atoms with Crippen LogP contribution in [0.15, 0.2) is 78.9 Å². The summed E-state index contributed by atoms with van der Waals surface area (Å²) < 4.78 is 6.06. The minimum atomic E-state index is -0.849. The minimum Gasteiger partial charge on any atom is -0.457 e. The average Bonchev–Trinajstić information content (AvgIpc) is 3.11. The van der Waals surface area contributed by atoms with Gasteiger partial charge >= 0.3 is 0 Å². The van der Waals surface area contributed by atoms with E-state index in [0.717, 1.165) is 30.5 Å². The first-order chi connectivity index (χ1) is 16.7. The van der Waals surface area contributed by atoms with Gasteiger partial charge in [-0.25, -0.2) is 0 Å². The quantitative estimate of drug-likeness (QED) is 0.600. The van der Waals surface area contributed by atoms with Crippen molar-refractivity contribution in [2.24, 2.45) is 0 Å². The van der Waals surface area contributed by atoms with Crippen molar-refractivity contribution in [1.82, 2.24) is 10.2 Å². The van der Waals surface area contributed by atoms with Gasteiger partial charge in [0.2, 0.25) is 5.91 Å². The monoisotopic (exact) mass is 449 g/mol. The number of hydrogen-bond acceptors (Lipinski definition) is 4. The van der Waals surface area contributed by atoms with Crippen LogP contribution >= 0.6 is 0 Å². The molecule has 2 fully saturated rings. The normalized spacial score (nSPS) is 25.5. The Kier molecular flexibility index (Phi) is 5.12. The number of piperidine rings is 1. The molecule has 3 aromatic carbocycles. The van der Waals surface area contributed by atoms with Gasteiger partial charge in [-0.2, -0.15) is 5.26 Å². The number of nitriles is 1. The fraction of sp³-hybridized carbons (Fsp3) is 0.310. The van der Waals surface area contributed by atoms with E-state index in [2.05, 4.69) is 40.6 Å². The SMILES string of the molecule is N#CC1(NC(=O)C2c3ccccc3Oc3ccccc32)C[C@H]2CC[C@@H](C1)N2Cc1ccccc1. The number of rotatable bonds is 4.